The van der Waals surface area contributed by atoms with E-state index in [-0.39, 0.29) is 0 Å². The average molecular weight is 242 g/mol. The molecule has 1 heterocycles. The van der Waals surface area contributed by atoms with Gasteiger partial charge < -0.3 is 4.42 Å². The second kappa shape index (κ2) is 4.46. The van der Waals surface area contributed by atoms with Crippen LogP contribution in [0.15, 0.2) is 52.0 Å². The minimum Gasteiger partial charge on any atom is -0.463 e. The van der Waals surface area contributed by atoms with Crippen molar-refractivity contribution < 1.29 is 4.42 Å². The van der Waals surface area contributed by atoms with Gasteiger partial charge in [0.25, 0.3) is 0 Å². The van der Waals surface area contributed by atoms with Gasteiger partial charge in [0.2, 0.25) is 0 Å². The van der Waals surface area contributed by atoms with Gasteiger partial charge in [-0.3, -0.25) is 0 Å². The van der Waals surface area contributed by atoms with Crippen molar-refractivity contribution in [3.05, 3.63) is 59.6 Å². The Morgan fingerprint density at radius 1 is 1.18 bits per heavy atom. The maximum Gasteiger partial charge on any atom is 0.143 e. The number of benzene rings is 1. The molecule has 0 radical (unpaired) electrons. The molecule has 1 nitrogen and oxygen atoms in total. The summed E-state index contributed by atoms with van der Waals surface area (Å²) < 4.78 is 5.68. The molecule has 1 aliphatic rings. The SMILES string of the molecule is Cc1coc2c1CCC=C2Sc1ccccc1. The molecule has 2 aromatic rings. The van der Waals surface area contributed by atoms with Gasteiger partial charge in [-0.1, -0.05) is 36.0 Å². The van der Waals surface area contributed by atoms with Crippen LogP contribution in [0.2, 0.25) is 0 Å². The van der Waals surface area contributed by atoms with E-state index in [0.717, 1.165) is 18.6 Å². The zero-order valence-corrected chi connectivity index (χ0v) is 10.6. The Morgan fingerprint density at radius 3 is 2.82 bits per heavy atom. The standard InChI is InChI=1S/C15H14OS/c1-11-10-16-15-13(11)8-5-9-14(15)17-12-6-3-2-4-7-12/h2-4,6-7,9-10H,5,8H2,1H3. The summed E-state index contributed by atoms with van der Waals surface area (Å²) in [6, 6.07) is 10.5. The highest BCUT2D eigenvalue weighted by Crippen LogP contribution is 2.40. The van der Waals surface area contributed by atoms with Crippen molar-refractivity contribution in [3.8, 4) is 0 Å². The fourth-order valence-electron chi connectivity index (χ4n) is 2.13. The van der Waals surface area contributed by atoms with Gasteiger partial charge in [-0.05, 0) is 37.5 Å². The number of thioether (sulfide) groups is 1. The Kier molecular flexibility index (Phi) is 2.81. The zero-order chi connectivity index (χ0) is 11.7. The molecule has 0 fully saturated rings. The third kappa shape index (κ3) is 2.05. The molecular formula is C15H14OS. The molecule has 3 rings (SSSR count). The lowest BCUT2D eigenvalue weighted by Crippen LogP contribution is -1.95. The third-order valence-corrected chi connectivity index (χ3v) is 4.10. The fourth-order valence-corrected chi connectivity index (χ4v) is 3.14. The minimum atomic E-state index is 1.07. The monoisotopic (exact) mass is 242 g/mol. The van der Waals surface area contributed by atoms with Gasteiger partial charge in [-0.25, -0.2) is 0 Å². The Hall–Kier alpha value is -1.41. The summed E-state index contributed by atoms with van der Waals surface area (Å²) in [5.74, 6) is 1.07. The quantitative estimate of drug-likeness (QED) is 0.759. The highest BCUT2D eigenvalue weighted by molar-refractivity contribution is 8.08. The van der Waals surface area contributed by atoms with Crippen LogP contribution in [0.3, 0.4) is 0 Å². The molecular weight excluding hydrogens is 228 g/mol. The van der Waals surface area contributed by atoms with Crippen molar-refractivity contribution in [3.63, 3.8) is 0 Å². The van der Waals surface area contributed by atoms with Crippen molar-refractivity contribution in [1.29, 1.82) is 0 Å². The van der Waals surface area contributed by atoms with Crippen LogP contribution in [0.4, 0.5) is 0 Å². The van der Waals surface area contributed by atoms with Gasteiger partial charge >= 0.3 is 0 Å². The minimum absolute atomic E-state index is 1.07. The van der Waals surface area contributed by atoms with Crippen molar-refractivity contribution in [2.75, 3.05) is 0 Å². The number of rotatable bonds is 2. The predicted molar refractivity (Wildman–Crippen MR) is 72.0 cm³/mol. The van der Waals surface area contributed by atoms with Gasteiger partial charge in [-0.2, -0.15) is 0 Å². The number of hydrogen-bond donors (Lipinski definition) is 0. The van der Waals surface area contributed by atoms with Crippen molar-refractivity contribution in [1.82, 2.24) is 0 Å². The van der Waals surface area contributed by atoms with Gasteiger partial charge in [0.1, 0.15) is 5.76 Å². The zero-order valence-electron chi connectivity index (χ0n) is 9.77. The number of fused-ring (bicyclic) bond motifs is 1. The van der Waals surface area contributed by atoms with E-state index < -0.39 is 0 Å². The van der Waals surface area contributed by atoms with Crippen LogP contribution >= 0.6 is 11.8 Å². The molecule has 1 aromatic carbocycles. The largest absolute Gasteiger partial charge is 0.463 e. The Morgan fingerprint density at radius 2 is 2.00 bits per heavy atom. The molecule has 0 saturated carbocycles. The van der Waals surface area contributed by atoms with E-state index in [1.165, 1.54) is 20.9 Å². The van der Waals surface area contributed by atoms with Gasteiger partial charge in [0.15, 0.2) is 0 Å². The van der Waals surface area contributed by atoms with Gasteiger partial charge in [0.05, 0.1) is 11.2 Å². The van der Waals surface area contributed by atoms with E-state index >= 15 is 0 Å². The molecule has 86 valence electrons. The van der Waals surface area contributed by atoms with Crippen LogP contribution in [-0.2, 0) is 6.42 Å². The fraction of sp³-hybridized carbons (Fsp3) is 0.200. The van der Waals surface area contributed by atoms with Crippen LogP contribution in [-0.4, -0.2) is 0 Å². The summed E-state index contributed by atoms with van der Waals surface area (Å²) in [7, 11) is 0. The summed E-state index contributed by atoms with van der Waals surface area (Å²) >= 11 is 1.79. The molecule has 0 saturated heterocycles. The first-order chi connectivity index (χ1) is 8.34. The van der Waals surface area contributed by atoms with E-state index in [2.05, 4.69) is 37.3 Å². The Balaban J connectivity index is 1.92. The van der Waals surface area contributed by atoms with E-state index in [0.29, 0.717) is 0 Å². The van der Waals surface area contributed by atoms with Gasteiger partial charge in [0, 0.05) is 10.5 Å². The smallest absolute Gasteiger partial charge is 0.143 e. The van der Waals surface area contributed by atoms with Crippen LogP contribution in [0.1, 0.15) is 23.3 Å². The van der Waals surface area contributed by atoms with E-state index in [4.69, 9.17) is 4.42 Å². The molecule has 0 amide bonds. The topological polar surface area (TPSA) is 13.1 Å². The molecule has 1 aliphatic carbocycles. The number of allylic oxidation sites excluding steroid dienone is 1. The average Bonchev–Trinajstić information content (AvgIpc) is 2.74. The summed E-state index contributed by atoms with van der Waals surface area (Å²) in [5.41, 5.74) is 2.66. The number of hydrogen-bond acceptors (Lipinski definition) is 2. The summed E-state index contributed by atoms with van der Waals surface area (Å²) in [5, 5.41) is 0. The summed E-state index contributed by atoms with van der Waals surface area (Å²) in [6.07, 6.45) is 6.37. The molecule has 0 N–H and O–H groups in total. The second-order valence-electron chi connectivity index (χ2n) is 4.25. The van der Waals surface area contributed by atoms with Crippen LogP contribution in [0.25, 0.3) is 4.91 Å². The first-order valence-corrected chi connectivity index (χ1v) is 6.66. The second-order valence-corrected chi connectivity index (χ2v) is 5.36. The van der Waals surface area contributed by atoms with Crippen molar-refractivity contribution >= 4 is 16.7 Å². The first-order valence-electron chi connectivity index (χ1n) is 5.85. The molecule has 0 spiro atoms. The predicted octanol–water partition coefficient (Wildman–Crippen LogP) is 4.67. The Bertz CT molecular complexity index is 552. The van der Waals surface area contributed by atoms with Crippen molar-refractivity contribution in [2.24, 2.45) is 0 Å². The van der Waals surface area contributed by atoms with E-state index in [9.17, 15) is 0 Å². The molecule has 0 bridgehead atoms. The summed E-state index contributed by atoms with van der Waals surface area (Å²) in [6.45, 7) is 2.12. The summed E-state index contributed by atoms with van der Waals surface area (Å²) in [4.78, 5) is 2.52. The molecule has 0 aliphatic heterocycles. The molecule has 0 atom stereocenters. The highest BCUT2D eigenvalue weighted by atomic mass is 32.2. The lowest BCUT2D eigenvalue weighted by molar-refractivity contribution is 0.548. The normalized spacial score (nSPS) is 14.3. The van der Waals surface area contributed by atoms with E-state index in [1.54, 1.807) is 11.8 Å². The van der Waals surface area contributed by atoms with Crippen LogP contribution < -0.4 is 0 Å². The maximum atomic E-state index is 5.68. The molecule has 1 aromatic heterocycles. The number of aryl methyl sites for hydroxylation is 1. The van der Waals surface area contributed by atoms with Crippen molar-refractivity contribution in [2.45, 2.75) is 24.7 Å². The maximum absolute atomic E-state index is 5.68. The first kappa shape index (κ1) is 10.7. The van der Waals surface area contributed by atoms with Gasteiger partial charge in [-0.15, -0.1) is 0 Å². The molecule has 17 heavy (non-hydrogen) atoms. The molecule has 0 unspecified atom stereocenters. The van der Waals surface area contributed by atoms with E-state index in [1.807, 2.05) is 12.3 Å². The van der Waals surface area contributed by atoms with Crippen LogP contribution in [0.5, 0.6) is 0 Å². The third-order valence-electron chi connectivity index (χ3n) is 3.02. The Labute approximate surface area is 106 Å². The number of furan rings is 1. The molecule has 2 heteroatoms. The highest BCUT2D eigenvalue weighted by Gasteiger charge is 2.19. The van der Waals surface area contributed by atoms with Crippen LogP contribution in [0, 0.1) is 6.92 Å². The lowest BCUT2D eigenvalue weighted by atomic mass is 10.0. The lowest BCUT2D eigenvalue weighted by Gasteiger charge is -2.12.